The van der Waals surface area contributed by atoms with Gasteiger partial charge in [0.2, 0.25) is 5.91 Å². The molecule has 0 fully saturated rings. The Morgan fingerprint density at radius 1 is 1.08 bits per heavy atom. The number of nitrogens with two attached hydrogens (primary N) is 1. The number of para-hydroxylation sites is 1. The lowest BCUT2D eigenvalue weighted by molar-refractivity contribution is -0.385. The molecule has 130 valence electrons. The number of nitrogens with zero attached hydrogens (tertiary/aromatic N) is 1. The largest absolute Gasteiger partial charge is 0.368 e. The smallest absolute Gasteiger partial charge is 0.282 e. The van der Waals surface area contributed by atoms with E-state index in [-0.39, 0.29) is 26.9 Å². The van der Waals surface area contributed by atoms with E-state index in [1.54, 1.807) is 6.07 Å². The van der Waals surface area contributed by atoms with Gasteiger partial charge >= 0.3 is 0 Å². The van der Waals surface area contributed by atoms with Crippen molar-refractivity contribution in [3.05, 3.63) is 73.8 Å². The summed E-state index contributed by atoms with van der Waals surface area (Å²) in [5, 5.41) is 11.3. The molecule has 0 aliphatic rings. The van der Waals surface area contributed by atoms with Crippen molar-refractivity contribution in [3.8, 4) is 0 Å². The Hall–Kier alpha value is -2.68. The molecule has 0 saturated carbocycles. The van der Waals surface area contributed by atoms with E-state index in [2.05, 4.69) is 10.9 Å². The van der Waals surface area contributed by atoms with Crippen LogP contribution in [-0.4, -0.2) is 16.7 Å². The van der Waals surface area contributed by atoms with Gasteiger partial charge < -0.3 is 5.73 Å². The number of hydrogen-bond donors (Lipinski definition) is 3. The van der Waals surface area contributed by atoms with Crippen LogP contribution in [0.15, 0.2) is 42.5 Å². The summed E-state index contributed by atoms with van der Waals surface area (Å²) >= 11 is 12.1. The van der Waals surface area contributed by atoms with Crippen LogP contribution >= 0.6 is 23.2 Å². The summed E-state index contributed by atoms with van der Waals surface area (Å²) in [6, 6.07) is 8.72. The molecule has 2 rings (SSSR count). The van der Waals surface area contributed by atoms with E-state index < -0.39 is 22.8 Å². The lowest BCUT2D eigenvalue weighted by atomic mass is 10.1. The van der Waals surface area contributed by atoms with Gasteiger partial charge in [-0.15, -0.1) is 0 Å². The molecule has 2 aromatic carbocycles. The maximum absolute atomic E-state index is 12.2. The fraction of sp³-hybridized carbons (Fsp3) is 0.0667. The molecule has 4 N–H and O–H groups in total. The molecule has 0 aromatic heterocycles. The molecule has 2 aromatic rings. The Morgan fingerprint density at radius 3 is 2.24 bits per heavy atom. The first-order chi connectivity index (χ1) is 11.8. The van der Waals surface area contributed by atoms with Gasteiger partial charge in [0.05, 0.1) is 4.92 Å². The van der Waals surface area contributed by atoms with Crippen LogP contribution in [0.3, 0.4) is 0 Å². The summed E-state index contributed by atoms with van der Waals surface area (Å²) in [5.74, 6) is -1.67. The van der Waals surface area contributed by atoms with Crippen LogP contribution in [0.2, 0.25) is 10.0 Å². The molecule has 0 saturated heterocycles. The van der Waals surface area contributed by atoms with E-state index in [0.29, 0.717) is 0 Å². The Kier molecular flexibility index (Phi) is 5.92. The zero-order valence-electron chi connectivity index (χ0n) is 12.5. The van der Waals surface area contributed by atoms with Gasteiger partial charge in [-0.05, 0) is 18.2 Å². The summed E-state index contributed by atoms with van der Waals surface area (Å²) in [6.45, 7) is 0. The number of rotatable bonds is 6. The van der Waals surface area contributed by atoms with Crippen molar-refractivity contribution in [3.63, 3.8) is 0 Å². The molecule has 0 heterocycles. The highest BCUT2D eigenvalue weighted by atomic mass is 35.5. The van der Waals surface area contributed by atoms with Gasteiger partial charge in [-0.1, -0.05) is 41.4 Å². The zero-order valence-corrected chi connectivity index (χ0v) is 14.0. The monoisotopic (exact) mass is 382 g/mol. The number of hydrazine groups is 1. The molecule has 0 bridgehead atoms. The number of halogens is 2. The minimum atomic E-state index is -1.23. The first kappa shape index (κ1) is 18.7. The minimum absolute atomic E-state index is 0.170. The molecule has 2 amide bonds. The number of primary amides is 1. The van der Waals surface area contributed by atoms with Crippen molar-refractivity contribution in [2.45, 2.75) is 6.04 Å². The SMILES string of the molecule is NC(=O)C(NNC(=O)c1ccccc1[N+](=O)[O-])c1c(Cl)cccc1Cl. The first-order valence-corrected chi connectivity index (χ1v) is 7.61. The summed E-state index contributed by atoms with van der Waals surface area (Å²) in [5.41, 5.74) is 9.58. The van der Waals surface area contributed by atoms with Gasteiger partial charge in [0, 0.05) is 21.7 Å². The summed E-state index contributed by atoms with van der Waals surface area (Å²) < 4.78 is 0. The Bertz CT molecular complexity index is 824. The number of hydrogen-bond acceptors (Lipinski definition) is 5. The van der Waals surface area contributed by atoms with E-state index >= 15 is 0 Å². The average molecular weight is 383 g/mol. The quantitative estimate of drug-likeness (QED) is 0.521. The normalized spacial score (nSPS) is 11.6. The fourth-order valence-electron chi connectivity index (χ4n) is 2.10. The number of benzene rings is 2. The second-order valence-corrected chi connectivity index (χ2v) is 5.66. The van der Waals surface area contributed by atoms with Crippen LogP contribution in [0.25, 0.3) is 0 Å². The Morgan fingerprint density at radius 2 is 1.68 bits per heavy atom. The number of carbonyl (C=O) groups excluding carboxylic acids is 2. The molecule has 0 spiro atoms. The third-order valence-corrected chi connectivity index (χ3v) is 3.91. The van der Waals surface area contributed by atoms with Crippen molar-refractivity contribution >= 4 is 40.7 Å². The van der Waals surface area contributed by atoms with Crippen LogP contribution < -0.4 is 16.6 Å². The van der Waals surface area contributed by atoms with Gasteiger partial charge in [-0.3, -0.25) is 25.1 Å². The lowest BCUT2D eigenvalue weighted by Crippen LogP contribution is -2.45. The number of amides is 2. The van der Waals surface area contributed by atoms with Crippen LogP contribution in [0.4, 0.5) is 5.69 Å². The van der Waals surface area contributed by atoms with Gasteiger partial charge in [-0.25, -0.2) is 5.43 Å². The maximum Gasteiger partial charge on any atom is 0.282 e. The molecular formula is C15H12Cl2N4O4. The zero-order chi connectivity index (χ0) is 18.6. The Labute approximate surface area is 152 Å². The number of carbonyl (C=O) groups is 2. The van der Waals surface area contributed by atoms with Gasteiger partial charge in [0.25, 0.3) is 11.6 Å². The third-order valence-electron chi connectivity index (χ3n) is 3.25. The molecule has 0 radical (unpaired) electrons. The van der Waals surface area contributed by atoms with Crippen molar-refractivity contribution in [2.24, 2.45) is 5.73 Å². The molecule has 8 nitrogen and oxygen atoms in total. The summed E-state index contributed by atoms with van der Waals surface area (Å²) in [6.07, 6.45) is 0. The van der Waals surface area contributed by atoms with E-state index in [9.17, 15) is 19.7 Å². The lowest BCUT2D eigenvalue weighted by Gasteiger charge is -2.19. The molecule has 1 atom stereocenters. The number of nitro benzene ring substituents is 1. The maximum atomic E-state index is 12.2. The van der Waals surface area contributed by atoms with Gasteiger partial charge in [0.15, 0.2) is 0 Å². The number of nitrogens with one attached hydrogen (secondary N) is 2. The highest BCUT2D eigenvalue weighted by Gasteiger charge is 2.25. The minimum Gasteiger partial charge on any atom is -0.368 e. The first-order valence-electron chi connectivity index (χ1n) is 6.85. The van der Waals surface area contributed by atoms with E-state index in [1.807, 2.05) is 0 Å². The van der Waals surface area contributed by atoms with Crippen molar-refractivity contribution < 1.29 is 14.5 Å². The number of nitro groups is 1. The topological polar surface area (TPSA) is 127 Å². The molecule has 10 heteroatoms. The van der Waals surface area contributed by atoms with Gasteiger partial charge in [0.1, 0.15) is 11.6 Å². The Balaban J connectivity index is 2.25. The van der Waals surface area contributed by atoms with Crippen LogP contribution in [0.5, 0.6) is 0 Å². The average Bonchev–Trinajstić information content (AvgIpc) is 2.56. The standard InChI is InChI=1S/C15H12Cl2N4O4/c16-9-5-3-6-10(17)12(9)13(14(18)22)19-20-15(23)8-4-1-2-7-11(8)21(24)25/h1-7,13,19H,(H2,18,22)(H,20,23). The summed E-state index contributed by atoms with van der Waals surface area (Å²) in [4.78, 5) is 34.2. The highest BCUT2D eigenvalue weighted by molar-refractivity contribution is 6.36. The second kappa shape index (κ2) is 7.93. The van der Waals surface area contributed by atoms with Crippen molar-refractivity contribution in [1.82, 2.24) is 10.9 Å². The highest BCUT2D eigenvalue weighted by Crippen LogP contribution is 2.30. The second-order valence-electron chi connectivity index (χ2n) is 4.84. The van der Waals surface area contributed by atoms with E-state index in [4.69, 9.17) is 28.9 Å². The molecular weight excluding hydrogens is 371 g/mol. The predicted octanol–water partition coefficient (Wildman–Crippen LogP) is 2.36. The molecule has 1 unspecified atom stereocenters. The predicted molar refractivity (Wildman–Crippen MR) is 92.1 cm³/mol. The molecule has 0 aliphatic heterocycles. The van der Waals surface area contributed by atoms with E-state index in [1.165, 1.54) is 36.4 Å². The fourth-order valence-corrected chi connectivity index (χ4v) is 2.72. The van der Waals surface area contributed by atoms with Gasteiger partial charge in [-0.2, -0.15) is 0 Å². The third kappa shape index (κ3) is 4.24. The molecule has 25 heavy (non-hydrogen) atoms. The van der Waals surface area contributed by atoms with Crippen molar-refractivity contribution in [2.75, 3.05) is 0 Å². The van der Waals surface area contributed by atoms with Crippen LogP contribution in [0, 0.1) is 10.1 Å². The van der Waals surface area contributed by atoms with Crippen LogP contribution in [-0.2, 0) is 4.79 Å². The molecule has 0 aliphatic carbocycles. The van der Waals surface area contributed by atoms with E-state index in [0.717, 1.165) is 0 Å². The van der Waals surface area contributed by atoms with Crippen molar-refractivity contribution in [1.29, 1.82) is 0 Å². The van der Waals surface area contributed by atoms with Crippen LogP contribution in [0.1, 0.15) is 22.0 Å². The summed E-state index contributed by atoms with van der Waals surface area (Å²) in [7, 11) is 0.